The van der Waals surface area contributed by atoms with Crippen LogP contribution in [0.25, 0.3) is 21.8 Å². The van der Waals surface area contributed by atoms with E-state index in [0.717, 1.165) is 42.6 Å². The number of piperazine rings is 1. The molecule has 33 heavy (non-hydrogen) atoms. The number of fused-ring (bicyclic) bond motifs is 2. The van der Waals surface area contributed by atoms with E-state index in [1.807, 2.05) is 18.3 Å². The fourth-order valence-electron chi connectivity index (χ4n) is 6.14. The van der Waals surface area contributed by atoms with Crippen LogP contribution in [-0.2, 0) is 7.05 Å². The number of nitrogens with zero attached hydrogens (tertiary/aromatic N) is 4. The molecule has 4 nitrogen and oxygen atoms in total. The molecule has 2 fully saturated rings. The van der Waals surface area contributed by atoms with Crippen molar-refractivity contribution in [1.82, 2.24) is 14.5 Å². The molecule has 0 radical (unpaired) electrons. The summed E-state index contributed by atoms with van der Waals surface area (Å²) in [6, 6.07) is 16.5. The van der Waals surface area contributed by atoms with Crippen LogP contribution >= 0.6 is 0 Å². The Morgan fingerprint density at radius 2 is 1.70 bits per heavy atom. The molecule has 0 atom stereocenters. The van der Waals surface area contributed by atoms with Gasteiger partial charge >= 0.3 is 0 Å². The first-order valence-corrected chi connectivity index (χ1v) is 12.2. The van der Waals surface area contributed by atoms with Gasteiger partial charge in [-0.1, -0.05) is 18.2 Å². The van der Waals surface area contributed by atoms with Crippen molar-refractivity contribution in [3.8, 4) is 0 Å². The Balaban J connectivity index is 1.10. The number of hydrogen-bond donors (Lipinski definition) is 0. The smallest absolute Gasteiger partial charge is 0.123 e. The largest absolute Gasteiger partial charge is 0.367 e. The Kier molecular flexibility index (Phi) is 5.30. The van der Waals surface area contributed by atoms with E-state index in [2.05, 4.69) is 56.9 Å². The molecular formula is C28H31FN4. The van der Waals surface area contributed by atoms with Gasteiger partial charge in [-0.2, -0.15) is 0 Å². The van der Waals surface area contributed by atoms with Gasteiger partial charge in [-0.3, -0.25) is 9.88 Å². The summed E-state index contributed by atoms with van der Waals surface area (Å²) in [5.41, 5.74) is 4.84. The maximum atomic E-state index is 13.9. The molecule has 1 aliphatic heterocycles. The highest BCUT2D eigenvalue weighted by Gasteiger charge is 2.30. The number of para-hydroxylation sites is 1. The Morgan fingerprint density at radius 3 is 2.52 bits per heavy atom. The predicted molar refractivity (Wildman–Crippen MR) is 133 cm³/mol. The summed E-state index contributed by atoms with van der Waals surface area (Å²) in [6.45, 7) is 4.33. The standard InChI is InChI=1S/C28H31FN4/c1-31-19-25(24-18-22(29)9-12-26(24)31)20-7-10-23(11-8-20)32-14-16-33(17-15-32)27-6-2-4-21-5-3-13-30-28(21)27/h2-6,9,12-13,18-20,23H,7-8,10-11,14-17H2,1H3. The van der Waals surface area contributed by atoms with Crippen LogP contribution in [0.15, 0.2) is 60.9 Å². The fraction of sp³-hybridized carbons (Fsp3) is 0.393. The number of anilines is 1. The summed E-state index contributed by atoms with van der Waals surface area (Å²) in [5, 5.41) is 2.31. The maximum absolute atomic E-state index is 13.9. The van der Waals surface area contributed by atoms with Crippen molar-refractivity contribution in [2.24, 2.45) is 7.05 Å². The van der Waals surface area contributed by atoms with E-state index in [0.29, 0.717) is 12.0 Å². The van der Waals surface area contributed by atoms with E-state index in [1.165, 1.54) is 42.3 Å². The molecule has 1 saturated heterocycles. The first-order chi connectivity index (χ1) is 16.2. The first kappa shape index (κ1) is 20.7. The molecular weight excluding hydrogens is 411 g/mol. The predicted octanol–water partition coefficient (Wildman–Crippen LogP) is 5.71. The maximum Gasteiger partial charge on any atom is 0.123 e. The van der Waals surface area contributed by atoms with Gasteiger partial charge in [0.2, 0.25) is 0 Å². The molecule has 1 saturated carbocycles. The Bertz CT molecular complexity index is 1270. The molecule has 3 heterocycles. The van der Waals surface area contributed by atoms with Gasteiger partial charge in [0.15, 0.2) is 0 Å². The lowest BCUT2D eigenvalue weighted by molar-refractivity contribution is 0.141. The number of benzene rings is 2. The molecule has 0 amide bonds. The number of rotatable bonds is 3. The van der Waals surface area contributed by atoms with Crippen LogP contribution in [0, 0.1) is 5.82 Å². The van der Waals surface area contributed by atoms with E-state index < -0.39 is 0 Å². The number of aromatic nitrogens is 2. The summed E-state index contributed by atoms with van der Waals surface area (Å²) >= 11 is 0. The highest BCUT2D eigenvalue weighted by atomic mass is 19.1. The molecule has 4 aromatic rings. The first-order valence-electron chi connectivity index (χ1n) is 12.2. The summed E-state index contributed by atoms with van der Waals surface area (Å²) < 4.78 is 16.1. The van der Waals surface area contributed by atoms with E-state index in [9.17, 15) is 4.39 Å². The monoisotopic (exact) mass is 442 g/mol. The number of hydrogen-bond acceptors (Lipinski definition) is 3. The van der Waals surface area contributed by atoms with Gasteiger partial charge < -0.3 is 9.47 Å². The third-order valence-corrected chi connectivity index (χ3v) is 7.90. The lowest BCUT2D eigenvalue weighted by Gasteiger charge is -2.42. The van der Waals surface area contributed by atoms with Crippen molar-refractivity contribution in [3.63, 3.8) is 0 Å². The molecule has 6 rings (SSSR count). The van der Waals surface area contributed by atoms with Crippen LogP contribution < -0.4 is 4.90 Å². The molecule has 0 spiro atoms. The van der Waals surface area contributed by atoms with E-state index in [4.69, 9.17) is 0 Å². The van der Waals surface area contributed by atoms with Crippen molar-refractivity contribution in [2.75, 3.05) is 31.1 Å². The highest BCUT2D eigenvalue weighted by molar-refractivity contribution is 5.90. The lowest BCUT2D eigenvalue weighted by Crippen LogP contribution is -2.51. The second-order valence-corrected chi connectivity index (χ2v) is 9.74. The molecule has 0 N–H and O–H groups in total. The highest BCUT2D eigenvalue weighted by Crippen LogP contribution is 2.39. The summed E-state index contributed by atoms with van der Waals surface area (Å²) in [7, 11) is 2.07. The van der Waals surface area contributed by atoms with Crippen LogP contribution in [0.3, 0.4) is 0 Å². The fourth-order valence-corrected chi connectivity index (χ4v) is 6.14. The van der Waals surface area contributed by atoms with Gasteiger partial charge in [-0.05, 0) is 67.5 Å². The molecule has 0 unspecified atom stereocenters. The third kappa shape index (κ3) is 3.78. The van der Waals surface area contributed by atoms with Gasteiger partial charge in [0.05, 0.1) is 11.2 Å². The minimum Gasteiger partial charge on any atom is -0.367 e. The van der Waals surface area contributed by atoms with Crippen LogP contribution in [0.2, 0.25) is 0 Å². The van der Waals surface area contributed by atoms with Crippen LogP contribution in [0.1, 0.15) is 37.2 Å². The molecule has 1 aliphatic carbocycles. The molecule has 170 valence electrons. The summed E-state index contributed by atoms with van der Waals surface area (Å²) in [4.78, 5) is 9.86. The minimum atomic E-state index is -0.136. The van der Waals surface area contributed by atoms with Crippen molar-refractivity contribution < 1.29 is 4.39 Å². The van der Waals surface area contributed by atoms with Crippen LogP contribution in [-0.4, -0.2) is 46.7 Å². The molecule has 2 aliphatic rings. The normalized spacial score (nSPS) is 22.3. The zero-order valence-electron chi connectivity index (χ0n) is 19.3. The summed E-state index contributed by atoms with van der Waals surface area (Å²) in [5.74, 6) is 0.401. The van der Waals surface area contributed by atoms with Crippen molar-refractivity contribution in [1.29, 1.82) is 0 Å². The topological polar surface area (TPSA) is 24.3 Å². The second kappa shape index (κ2) is 8.45. The molecule has 2 aromatic heterocycles. The van der Waals surface area contributed by atoms with Crippen molar-refractivity contribution in [3.05, 3.63) is 72.3 Å². The van der Waals surface area contributed by atoms with Crippen molar-refractivity contribution >= 4 is 27.5 Å². The number of aryl methyl sites for hydroxylation is 1. The zero-order chi connectivity index (χ0) is 22.4. The van der Waals surface area contributed by atoms with E-state index in [1.54, 1.807) is 12.1 Å². The zero-order valence-corrected chi connectivity index (χ0v) is 19.3. The number of halogens is 1. The Labute approximate surface area is 194 Å². The molecule has 2 aromatic carbocycles. The van der Waals surface area contributed by atoms with Gasteiger partial charge in [-0.25, -0.2) is 4.39 Å². The summed E-state index contributed by atoms with van der Waals surface area (Å²) in [6.07, 6.45) is 8.96. The SMILES string of the molecule is Cn1cc(C2CCC(N3CCN(c4cccc5cccnc45)CC3)CC2)c2cc(F)ccc21. The average molecular weight is 443 g/mol. The van der Waals surface area contributed by atoms with Crippen LogP contribution in [0.4, 0.5) is 10.1 Å². The third-order valence-electron chi connectivity index (χ3n) is 7.90. The Hall–Kier alpha value is -2.92. The van der Waals surface area contributed by atoms with Gasteiger partial charge in [0.1, 0.15) is 5.82 Å². The minimum absolute atomic E-state index is 0.136. The molecule has 0 bridgehead atoms. The van der Waals surface area contributed by atoms with Gasteiger partial charge in [0.25, 0.3) is 0 Å². The molecule has 5 heteroatoms. The van der Waals surface area contributed by atoms with E-state index in [-0.39, 0.29) is 5.82 Å². The van der Waals surface area contributed by atoms with Gasteiger partial charge in [0, 0.05) is 68.0 Å². The Morgan fingerprint density at radius 1 is 0.909 bits per heavy atom. The van der Waals surface area contributed by atoms with Gasteiger partial charge in [-0.15, -0.1) is 0 Å². The van der Waals surface area contributed by atoms with Crippen LogP contribution in [0.5, 0.6) is 0 Å². The quantitative estimate of drug-likeness (QED) is 0.406. The van der Waals surface area contributed by atoms with E-state index >= 15 is 0 Å². The average Bonchev–Trinajstić information content (AvgIpc) is 3.19. The van der Waals surface area contributed by atoms with Crippen molar-refractivity contribution in [2.45, 2.75) is 37.6 Å². The second-order valence-electron chi connectivity index (χ2n) is 9.74. The number of pyridine rings is 1. The lowest BCUT2D eigenvalue weighted by atomic mass is 9.81.